The van der Waals surface area contributed by atoms with Gasteiger partial charge in [0.1, 0.15) is 11.6 Å². The van der Waals surface area contributed by atoms with Crippen LogP contribution < -0.4 is 44.9 Å². The van der Waals surface area contributed by atoms with Crippen molar-refractivity contribution in [3.8, 4) is 56.7 Å². The molecule has 8 aromatic carbocycles. The number of nitrogens with zero attached hydrogens (tertiary/aromatic N) is 7. The molecule has 1 N–H and O–H groups in total. The molecule has 0 spiro atoms. The minimum atomic E-state index is -0.750. The van der Waals surface area contributed by atoms with Crippen molar-refractivity contribution in [3.05, 3.63) is 294 Å². The Kier molecular flexibility index (Phi) is 29.1. The average Bonchev–Trinajstić information content (AvgIpc) is 1.47. The summed E-state index contributed by atoms with van der Waals surface area (Å²) in [5.41, 5.74) is 18.8. The molecule has 0 saturated carbocycles. The maximum Gasteiger partial charge on any atom is 1.00 e. The molecule has 0 aliphatic carbocycles. The molecule has 12 heteroatoms. The number of pyridine rings is 2. The van der Waals surface area contributed by atoms with Crippen LogP contribution in [-0.2, 0) is 0 Å². The zero-order valence-electron chi connectivity index (χ0n) is 56.1. The predicted molar refractivity (Wildman–Crippen MR) is 401 cm³/mol. The van der Waals surface area contributed by atoms with Crippen LogP contribution >= 0.6 is 28.6 Å². The van der Waals surface area contributed by atoms with Gasteiger partial charge in [0, 0.05) is 92.3 Å². The molecule has 0 radical (unpaired) electrons. The second kappa shape index (κ2) is 36.5. The van der Waals surface area contributed by atoms with Gasteiger partial charge in [-0.1, -0.05) is 233 Å². The van der Waals surface area contributed by atoms with Crippen LogP contribution in [0.25, 0.3) is 56.7 Å². The van der Waals surface area contributed by atoms with Gasteiger partial charge in [0.05, 0.1) is 22.8 Å². The molecule has 0 fully saturated rings. The third kappa shape index (κ3) is 20.4. The monoisotopic (exact) mass is 1340 g/mol. The fraction of sp³-hybridized carbons (Fsp3) is 0.220. The van der Waals surface area contributed by atoms with E-state index in [1.807, 2.05) is 104 Å². The van der Waals surface area contributed by atoms with Gasteiger partial charge < -0.3 is 15.3 Å². The van der Waals surface area contributed by atoms with Gasteiger partial charge in [-0.2, -0.15) is 12.6 Å². The van der Waals surface area contributed by atoms with Gasteiger partial charge in [-0.25, -0.2) is 9.97 Å². The van der Waals surface area contributed by atoms with Crippen LogP contribution in [0.1, 0.15) is 130 Å². The Bertz CT molecular complexity index is 4150. The Morgan fingerprint density at radius 3 is 1.18 bits per heavy atom. The first-order chi connectivity index (χ1) is 44.4. The third-order valence-corrected chi connectivity index (χ3v) is 15.4. The van der Waals surface area contributed by atoms with Gasteiger partial charge >= 0.3 is 29.6 Å². The average molecular weight is 1340 g/mol. The summed E-state index contributed by atoms with van der Waals surface area (Å²) in [6, 6.07) is 79.8. The smallest absolute Gasteiger partial charge is 0.850 e. The Morgan fingerprint density at radius 2 is 0.755 bits per heavy atom. The van der Waals surface area contributed by atoms with Crippen LogP contribution in [0.4, 0.5) is 28.4 Å². The quantitative estimate of drug-likeness (QED) is 0.0779. The molecule has 12 rings (SSSR count). The molecule has 4 heterocycles. The number of hydrogen-bond acceptors (Lipinski definition) is 8. The van der Waals surface area contributed by atoms with Crippen molar-refractivity contribution in [1.82, 2.24) is 29.1 Å². The van der Waals surface area contributed by atoms with E-state index in [9.17, 15) is 5.11 Å². The first-order valence-electron chi connectivity index (χ1n) is 31.5. The van der Waals surface area contributed by atoms with E-state index in [1.165, 1.54) is 33.6 Å². The third-order valence-electron chi connectivity index (χ3n) is 14.9. The number of anilines is 5. The number of rotatable bonds is 15. The fourth-order valence-corrected chi connectivity index (χ4v) is 11.1. The Labute approximate surface area is 596 Å². The zero-order chi connectivity index (χ0) is 65.7. The van der Waals surface area contributed by atoms with Gasteiger partial charge in [-0.05, 0) is 149 Å². The molecule has 478 valence electrons. The van der Waals surface area contributed by atoms with E-state index >= 15 is 0 Å². The van der Waals surface area contributed by atoms with E-state index in [4.69, 9.17) is 4.98 Å². The molecule has 0 aliphatic heterocycles. The van der Waals surface area contributed by atoms with Gasteiger partial charge in [0.25, 0.3) is 0 Å². The molecular formula is C82H90BrN8NaOS. The number of hydrogen-bond donors (Lipinski definition) is 2. The van der Waals surface area contributed by atoms with Crippen molar-refractivity contribution in [3.63, 3.8) is 0 Å². The number of thiol groups is 1. The van der Waals surface area contributed by atoms with Gasteiger partial charge in [0.15, 0.2) is 0 Å². The molecule has 0 bridgehead atoms. The number of aromatic nitrogens is 6. The summed E-state index contributed by atoms with van der Waals surface area (Å²) >= 11 is 7.09. The summed E-state index contributed by atoms with van der Waals surface area (Å²) in [7, 11) is 0. The molecule has 0 unspecified atom stereocenters. The van der Waals surface area contributed by atoms with Crippen molar-refractivity contribution in [2.75, 3.05) is 16.5 Å². The van der Waals surface area contributed by atoms with Crippen molar-refractivity contribution in [1.29, 1.82) is 0 Å². The second-order valence-electron chi connectivity index (χ2n) is 24.3. The minimum absolute atomic E-state index is 0. The number of para-hydroxylation sites is 4. The molecule has 0 saturated heterocycles. The van der Waals surface area contributed by atoms with E-state index < -0.39 is 5.60 Å². The van der Waals surface area contributed by atoms with Crippen molar-refractivity contribution in [2.45, 2.75) is 113 Å². The van der Waals surface area contributed by atoms with Crippen LogP contribution in [0.2, 0.25) is 0 Å². The van der Waals surface area contributed by atoms with E-state index in [-0.39, 0.29) is 37.0 Å². The molecule has 0 aliphatic rings. The summed E-state index contributed by atoms with van der Waals surface area (Å²) in [4.78, 5) is 20.8. The molecule has 9 nitrogen and oxygen atoms in total. The summed E-state index contributed by atoms with van der Waals surface area (Å²) in [5, 5.41) is 13.5. The molecule has 0 atom stereocenters. The largest absolute Gasteiger partial charge is 1.00 e. The van der Waals surface area contributed by atoms with E-state index in [0.717, 1.165) is 78.2 Å². The SMILES string of the molecule is C.CC(C)(C)[O-].CC(C)c1cccc(C(C)C)c1-n1ccnc1-c1cccc(Br)c1.CC(C)c1cccc(C(C)C)c1-n1ccnc1-c1cccc(N(c2ccccc2)c2cccc(-c3ccccn3)c2)c1.CS.[Na+].c1ccc(Nc2cccc(-c3ccccn3)c2)cc1. The fourth-order valence-electron chi connectivity index (χ4n) is 10.7. The number of halogens is 1. The first-order valence-corrected chi connectivity index (χ1v) is 33.1. The Hall–Kier alpha value is -8.13. The molecular weight excluding hydrogens is 1250 g/mol. The molecule has 4 aromatic heterocycles. The number of benzene rings is 8. The summed E-state index contributed by atoms with van der Waals surface area (Å²) in [6.45, 7) is 22.9. The van der Waals surface area contributed by atoms with Crippen molar-refractivity contribution in [2.24, 2.45) is 0 Å². The normalized spacial score (nSPS) is 10.7. The molecule has 12 aromatic rings. The standard InChI is InChI=1S/C38H36N4.C21H23BrN2.C17H14N2.C4H9O.CH4S.CH4.Na/c1-27(2)34-19-12-20-35(28(3)4)37(34)41-24-23-40-38(41)30-14-11-18-33(26-30)42(31-15-6-5-7-16-31)32-17-10-13-29(25-32)36-21-8-9-22-39-36;1-14(2)18-9-6-10-19(15(3)4)20(18)24-12-11-23-21(24)16-7-5-8-17(22)13-16;1-2-8-15(9-3-1)19-16-10-6-7-14(13-16)17-11-4-5-12-18-17;1-4(2,3)5;1-2;;/h5-28H,1-4H3;5-15H,1-4H3;1-13,19H;1-3H3;2H,1H3;1H4;/q;;;-1;;;+1. The van der Waals surface area contributed by atoms with Gasteiger partial charge in [0.2, 0.25) is 0 Å². The predicted octanol–water partition coefficient (Wildman–Crippen LogP) is 19.7. The van der Waals surface area contributed by atoms with Crippen LogP contribution in [-0.4, -0.2) is 40.9 Å². The molecule has 0 amide bonds. The maximum atomic E-state index is 10.1. The van der Waals surface area contributed by atoms with Crippen LogP contribution in [0.5, 0.6) is 0 Å². The Balaban J connectivity index is 0.000000228. The maximum absolute atomic E-state index is 10.1. The zero-order valence-corrected chi connectivity index (χ0v) is 60.6. The van der Waals surface area contributed by atoms with Gasteiger partial charge in [-0.15, -0.1) is 5.60 Å². The van der Waals surface area contributed by atoms with E-state index in [2.05, 4.69) is 282 Å². The van der Waals surface area contributed by atoms with Crippen molar-refractivity contribution >= 4 is 57.0 Å². The van der Waals surface area contributed by atoms with Crippen LogP contribution in [0.3, 0.4) is 0 Å². The topological polar surface area (TPSA) is 99.8 Å². The minimum Gasteiger partial charge on any atom is -0.850 e. The van der Waals surface area contributed by atoms with Crippen molar-refractivity contribution < 1.29 is 34.7 Å². The van der Waals surface area contributed by atoms with E-state index in [0.29, 0.717) is 23.7 Å². The number of imidazole rings is 2. The van der Waals surface area contributed by atoms with Crippen LogP contribution in [0.15, 0.2) is 272 Å². The van der Waals surface area contributed by atoms with Gasteiger partial charge in [-0.3, -0.25) is 19.1 Å². The second-order valence-corrected chi connectivity index (χ2v) is 25.2. The molecule has 94 heavy (non-hydrogen) atoms. The van der Waals surface area contributed by atoms with Crippen LogP contribution in [0, 0.1) is 0 Å². The number of nitrogens with one attached hydrogen (secondary N) is 1. The van der Waals surface area contributed by atoms with E-state index in [1.54, 1.807) is 27.0 Å². The Morgan fingerprint density at radius 1 is 0.404 bits per heavy atom. The summed E-state index contributed by atoms with van der Waals surface area (Å²) in [6.07, 6.45) is 13.3. The first kappa shape index (κ1) is 74.9. The summed E-state index contributed by atoms with van der Waals surface area (Å²) in [5.74, 6) is 3.60. The summed E-state index contributed by atoms with van der Waals surface area (Å²) < 4.78 is 5.58.